The number of carbonyl (C=O) groups excluding carboxylic acids is 1. The highest BCUT2D eigenvalue weighted by molar-refractivity contribution is 6.29. The van der Waals surface area contributed by atoms with Gasteiger partial charge in [-0.1, -0.05) is 0 Å². The van der Waals surface area contributed by atoms with Gasteiger partial charge in [0.1, 0.15) is 11.8 Å². The molecule has 1 unspecified atom stereocenters. The molecular formula is C11H11ClN2O3. The Morgan fingerprint density at radius 3 is 2.76 bits per heavy atom. The Labute approximate surface area is 103 Å². The Morgan fingerprint density at radius 1 is 1.47 bits per heavy atom. The van der Waals surface area contributed by atoms with Crippen molar-refractivity contribution in [1.29, 1.82) is 0 Å². The van der Waals surface area contributed by atoms with Crippen molar-refractivity contribution in [1.82, 2.24) is 10.3 Å². The molecule has 0 aliphatic carbocycles. The Kier molecular flexibility index (Phi) is 3.19. The molecule has 90 valence electrons. The quantitative estimate of drug-likeness (QED) is 0.914. The lowest BCUT2D eigenvalue weighted by Gasteiger charge is -2.08. The summed E-state index contributed by atoms with van der Waals surface area (Å²) in [6, 6.07) is 2.68. The third-order valence-corrected chi connectivity index (χ3v) is 2.36. The average Bonchev–Trinajstić information content (AvgIpc) is 2.87. The Balaban J connectivity index is 2.04. The average molecular weight is 255 g/mol. The summed E-state index contributed by atoms with van der Waals surface area (Å²) in [7, 11) is 0. The molecule has 0 aliphatic heterocycles. The Hall–Kier alpha value is -1.75. The maximum absolute atomic E-state index is 11.7. The van der Waals surface area contributed by atoms with Crippen molar-refractivity contribution in [3.8, 4) is 0 Å². The predicted molar refractivity (Wildman–Crippen MR) is 60.8 cm³/mol. The van der Waals surface area contributed by atoms with Gasteiger partial charge in [0.25, 0.3) is 5.91 Å². The van der Waals surface area contributed by atoms with Gasteiger partial charge >= 0.3 is 0 Å². The van der Waals surface area contributed by atoms with E-state index >= 15 is 0 Å². The summed E-state index contributed by atoms with van der Waals surface area (Å²) in [5, 5.41) is 2.87. The van der Waals surface area contributed by atoms with Gasteiger partial charge in [0.2, 0.25) is 5.89 Å². The van der Waals surface area contributed by atoms with E-state index in [1.54, 1.807) is 20.0 Å². The largest absolute Gasteiger partial charge is 0.444 e. The monoisotopic (exact) mass is 254 g/mol. The number of halogens is 1. The molecule has 0 aromatic carbocycles. The number of nitrogens with one attached hydrogen (secondary N) is 1. The molecule has 0 radical (unpaired) electrons. The number of carbonyl (C=O) groups is 1. The third kappa shape index (κ3) is 2.68. The van der Waals surface area contributed by atoms with E-state index in [-0.39, 0.29) is 22.9 Å². The molecule has 2 rings (SSSR count). The Morgan fingerprint density at radius 2 is 2.24 bits per heavy atom. The first kappa shape index (κ1) is 11.7. The van der Waals surface area contributed by atoms with Crippen molar-refractivity contribution in [2.24, 2.45) is 0 Å². The van der Waals surface area contributed by atoms with Gasteiger partial charge in [-0.25, -0.2) is 4.98 Å². The van der Waals surface area contributed by atoms with Gasteiger partial charge in [-0.3, -0.25) is 4.79 Å². The van der Waals surface area contributed by atoms with Crippen LogP contribution in [0.4, 0.5) is 0 Å². The lowest BCUT2D eigenvalue weighted by molar-refractivity contribution is 0.0906. The molecule has 0 saturated heterocycles. The van der Waals surface area contributed by atoms with Gasteiger partial charge in [-0.05, 0) is 37.6 Å². The molecule has 2 heterocycles. The number of furan rings is 1. The standard InChI is InChI=1S/C11H11ClN2O3/c1-6-5-13-11(16-6)7(2)14-10(15)8-3-4-9(12)17-8/h3-5,7H,1-2H3,(H,14,15). The minimum absolute atomic E-state index is 0.158. The highest BCUT2D eigenvalue weighted by Gasteiger charge is 2.17. The fourth-order valence-electron chi connectivity index (χ4n) is 1.34. The molecular weight excluding hydrogens is 244 g/mol. The van der Waals surface area contributed by atoms with E-state index in [9.17, 15) is 4.79 Å². The van der Waals surface area contributed by atoms with E-state index in [1.807, 2.05) is 0 Å². The molecule has 6 heteroatoms. The van der Waals surface area contributed by atoms with Crippen LogP contribution in [0.25, 0.3) is 0 Å². The first-order chi connectivity index (χ1) is 8.06. The summed E-state index contributed by atoms with van der Waals surface area (Å²) in [5.74, 6) is 0.945. The molecule has 0 saturated carbocycles. The first-order valence-corrected chi connectivity index (χ1v) is 5.42. The molecule has 17 heavy (non-hydrogen) atoms. The van der Waals surface area contributed by atoms with Gasteiger partial charge in [0.15, 0.2) is 11.0 Å². The van der Waals surface area contributed by atoms with Crippen LogP contribution in [0.1, 0.15) is 35.2 Å². The van der Waals surface area contributed by atoms with Crippen LogP contribution >= 0.6 is 11.6 Å². The molecule has 0 fully saturated rings. The second kappa shape index (κ2) is 4.63. The predicted octanol–water partition coefficient (Wildman–Crippen LogP) is 2.72. The summed E-state index contributed by atoms with van der Waals surface area (Å²) in [6.07, 6.45) is 1.60. The van der Waals surface area contributed by atoms with Gasteiger partial charge in [0, 0.05) is 0 Å². The zero-order valence-corrected chi connectivity index (χ0v) is 10.1. The molecule has 0 spiro atoms. The summed E-state index contributed by atoms with van der Waals surface area (Å²) < 4.78 is 10.3. The maximum atomic E-state index is 11.7. The smallest absolute Gasteiger partial charge is 0.287 e. The van der Waals surface area contributed by atoms with Crippen molar-refractivity contribution >= 4 is 17.5 Å². The number of oxazole rings is 1. The lowest BCUT2D eigenvalue weighted by atomic mass is 10.3. The number of aryl methyl sites for hydroxylation is 1. The van der Waals surface area contributed by atoms with E-state index in [0.717, 1.165) is 0 Å². The molecule has 1 N–H and O–H groups in total. The second-order valence-corrected chi connectivity index (χ2v) is 3.98. The van der Waals surface area contributed by atoms with Crippen LogP contribution in [0, 0.1) is 6.92 Å². The number of aromatic nitrogens is 1. The normalized spacial score (nSPS) is 12.4. The van der Waals surface area contributed by atoms with E-state index in [0.29, 0.717) is 11.7 Å². The molecule has 0 aliphatic rings. The summed E-state index contributed by atoms with van der Waals surface area (Å²) in [4.78, 5) is 15.7. The molecule has 2 aromatic heterocycles. The highest BCUT2D eigenvalue weighted by Crippen LogP contribution is 2.16. The highest BCUT2D eigenvalue weighted by atomic mass is 35.5. The van der Waals surface area contributed by atoms with Crippen molar-refractivity contribution in [2.75, 3.05) is 0 Å². The minimum Gasteiger partial charge on any atom is -0.444 e. The number of hydrogen-bond acceptors (Lipinski definition) is 4. The zero-order chi connectivity index (χ0) is 12.4. The van der Waals surface area contributed by atoms with Gasteiger partial charge in [-0.2, -0.15) is 0 Å². The van der Waals surface area contributed by atoms with E-state index in [2.05, 4.69) is 10.3 Å². The van der Waals surface area contributed by atoms with E-state index in [4.69, 9.17) is 20.4 Å². The number of amides is 1. The summed E-state index contributed by atoms with van der Waals surface area (Å²) in [5.41, 5.74) is 0. The first-order valence-electron chi connectivity index (χ1n) is 5.05. The maximum Gasteiger partial charge on any atom is 0.287 e. The SMILES string of the molecule is Cc1cnc(C(C)NC(=O)c2ccc(Cl)o2)o1. The van der Waals surface area contributed by atoms with Gasteiger partial charge in [0.05, 0.1) is 6.20 Å². The van der Waals surface area contributed by atoms with Gasteiger partial charge < -0.3 is 14.2 Å². The van der Waals surface area contributed by atoms with Crippen LogP contribution in [-0.4, -0.2) is 10.9 Å². The minimum atomic E-state index is -0.361. The van der Waals surface area contributed by atoms with Gasteiger partial charge in [-0.15, -0.1) is 0 Å². The van der Waals surface area contributed by atoms with Crippen LogP contribution < -0.4 is 5.32 Å². The number of nitrogens with zero attached hydrogens (tertiary/aromatic N) is 1. The molecule has 1 atom stereocenters. The third-order valence-electron chi connectivity index (χ3n) is 2.15. The van der Waals surface area contributed by atoms with Crippen molar-refractivity contribution in [3.63, 3.8) is 0 Å². The fourth-order valence-corrected chi connectivity index (χ4v) is 1.48. The topological polar surface area (TPSA) is 68.3 Å². The molecule has 0 bridgehead atoms. The number of hydrogen-bond donors (Lipinski definition) is 1. The van der Waals surface area contributed by atoms with Crippen LogP contribution in [0.2, 0.25) is 5.22 Å². The van der Waals surface area contributed by atoms with E-state index in [1.165, 1.54) is 12.1 Å². The lowest BCUT2D eigenvalue weighted by Crippen LogP contribution is -2.26. The molecule has 5 nitrogen and oxygen atoms in total. The summed E-state index contributed by atoms with van der Waals surface area (Å²) >= 11 is 5.58. The second-order valence-electron chi connectivity index (χ2n) is 3.61. The molecule has 2 aromatic rings. The van der Waals surface area contributed by atoms with Crippen LogP contribution in [0.5, 0.6) is 0 Å². The van der Waals surface area contributed by atoms with Crippen molar-refractivity contribution in [2.45, 2.75) is 19.9 Å². The Bertz CT molecular complexity index is 532. The number of rotatable bonds is 3. The van der Waals surface area contributed by atoms with Crippen LogP contribution in [-0.2, 0) is 0 Å². The van der Waals surface area contributed by atoms with Crippen molar-refractivity contribution < 1.29 is 13.6 Å². The van der Waals surface area contributed by atoms with Crippen LogP contribution in [0.3, 0.4) is 0 Å². The summed E-state index contributed by atoms with van der Waals surface area (Å²) in [6.45, 7) is 3.56. The zero-order valence-electron chi connectivity index (χ0n) is 9.36. The van der Waals surface area contributed by atoms with E-state index < -0.39 is 0 Å². The molecule has 1 amide bonds. The van der Waals surface area contributed by atoms with Crippen molar-refractivity contribution in [3.05, 3.63) is 41.0 Å². The fraction of sp³-hybridized carbons (Fsp3) is 0.273. The van der Waals surface area contributed by atoms with Crippen LogP contribution in [0.15, 0.2) is 27.2 Å².